The number of thiazole rings is 1. The van der Waals surface area contributed by atoms with E-state index in [4.69, 9.17) is 5.73 Å². The largest absolute Gasteiger partial charge is 0.336 e. The SMILES string of the molecule is CCn1cnc(S(=O)(=O)Nc2nc(C(C)N)cs2)c1. The van der Waals surface area contributed by atoms with Crippen LogP contribution in [0.4, 0.5) is 5.13 Å². The fourth-order valence-corrected chi connectivity index (χ4v) is 3.38. The number of sulfonamides is 1. The summed E-state index contributed by atoms with van der Waals surface area (Å²) >= 11 is 1.20. The summed E-state index contributed by atoms with van der Waals surface area (Å²) in [6, 6.07) is -0.228. The zero-order valence-corrected chi connectivity index (χ0v) is 12.2. The van der Waals surface area contributed by atoms with Crippen LogP contribution in [0.15, 0.2) is 22.9 Å². The van der Waals surface area contributed by atoms with Gasteiger partial charge in [0.25, 0.3) is 10.0 Å². The Kier molecular flexibility index (Phi) is 3.88. The number of imidazole rings is 1. The fraction of sp³-hybridized carbons (Fsp3) is 0.400. The Morgan fingerprint density at radius 2 is 2.32 bits per heavy atom. The normalized spacial score (nSPS) is 13.4. The molecular weight excluding hydrogens is 286 g/mol. The molecule has 19 heavy (non-hydrogen) atoms. The van der Waals surface area contributed by atoms with E-state index in [1.54, 1.807) is 16.9 Å². The van der Waals surface area contributed by atoms with Gasteiger partial charge in [0.1, 0.15) is 0 Å². The van der Waals surface area contributed by atoms with E-state index < -0.39 is 10.0 Å². The van der Waals surface area contributed by atoms with Crippen molar-refractivity contribution >= 4 is 26.5 Å². The topological polar surface area (TPSA) is 103 Å². The molecule has 0 aliphatic carbocycles. The van der Waals surface area contributed by atoms with Crippen LogP contribution in [0.5, 0.6) is 0 Å². The van der Waals surface area contributed by atoms with Crippen LogP contribution in [0.1, 0.15) is 25.6 Å². The summed E-state index contributed by atoms with van der Waals surface area (Å²) < 4.78 is 28.2. The quantitative estimate of drug-likeness (QED) is 0.863. The minimum absolute atomic E-state index is 0.0214. The van der Waals surface area contributed by atoms with E-state index in [1.807, 2.05) is 6.92 Å². The Bertz CT molecular complexity index is 659. The molecule has 0 spiro atoms. The first-order valence-electron chi connectivity index (χ1n) is 5.68. The zero-order valence-electron chi connectivity index (χ0n) is 10.6. The number of nitrogens with one attached hydrogen (secondary N) is 1. The molecule has 0 bridgehead atoms. The molecule has 0 radical (unpaired) electrons. The van der Waals surface area contributed by atoms with E-state index in [-0.39, 0.29) is 11.1 Å². The van der Waals surface area contributed by atoms with Crippen LogP contribution in [0.3, 0.4) is 0 Å². The van der Waals surface area contributed by atoms with Crippen LogP contribution in [0.2, 0.25) is 0 Å². The van der Waals surface area contributed by atoms with Crippen LogP contribution in [-0.4, -0.2) is 23.0 Å². The molecule has 0 saturated carbocycles. The highest BCUT2D eigenvalue weighted by Gasteiger charge is 2.19. The second kappa shape index (κ2) is 5.27. The second-order valence-electron chi connectivity index (χ2n) is 4.01. The van der Waals surface area contributed by atoms with Crippen LogP contribution in [0, 0.1) is 0 Å². The molecule has 0 fully saturated rings. The summed E-state index contributed by atoms with van der Waals surface area (Å²) in [4.78, 5) is 7.98. The van der Waals surface area contributed by atoms with Crippen molar-refractivity contribution in [2.75, 3.05) is 4.72 Å². The van der Waals surface area contributed by atoms with Gasteiger partial charge >= 0.3 is 0 Å². The van der Waals surface area contributed by atoms with E-state index in [2.05, 4.69) is 14.7 Å². The number of nitrogens with two attached hydrogens (primary N) is 1. The van der Waals surface area contributed by atoms with Gasteiger partial charge in [-0.15, -0.1) is 11.3 Å². The first-order chi connectivity index (χ1) is 8.92. The highest BCUT2D eigenvalue weighted by atomic mass is 32.2. The maximum absolute atomic E-state index is 12.1. The van der Waals surface area contributed by atoms with Crippen LogP contribution in [-0.2, 0) is 16.6 Å². The van der Waals surface area contributed by atoms with Gasteiger partial charge in [-0.3, -0.25) is 4.72 Å². The lowest BCUT2D eigenvalue weighted by molar-refractivity contribution is 0.598. The first-order valence-corrected chi connectivity index (χ1v) is 8.04. The van der Waals surface area contributed by atoms with Gasteiger partial charge in [0.15, 0.2) is 10.2 Å². The zero-order chi connectivity index (χ0) is 14.0. The number of anilines is 1. The summed E-state index contributed by atoms with van der Waals surface area (Å²) in [5.41, 5.74) is 6.33. The predicted molar refractivity (Wildman–Crippen MR) is 73.4 cm³/mol. The molecule has 7 nitrogen and oxygen atoms in total. The fourth-order valence-electron chi connectivity index (χ4n) is 1.36. The second-order valence-corrected chi connectivity index (χ2v) is 6.50. The number of aromatic nitrogens is 3. The molecular formula is C10H15N5O2S2. The van der Waals surface area contributed by atoms with E-state index >= 15 is 0 Å². The molecule has 1 unspecified atom stereocenters. The third kappa shape index (κ3) is 3.11. The monoisotopic (exact) mass is 301 g/mol. The number of hydrogen-bond donors (Lipinski definition) is 2. The molecule has 0 aliphatic heterocycles. The van der Waals surface area contributed by atoms with Gasteiger partial charge in [0.05, 0.1) is 12.0 Å². The Labute approximate surface area is 115 Å². The smallest absolute Gasteiger partial charge is 0.282 e. The van der Waals surface area contributed by atoms with E-state index in [0.29, 0.717) is 17.4 Å². The number of hydrogen-bond acceptors (Lipinski definition) is 6. The molecule has 2 rings (SSSR count). The molecule has 0 aromatic carbocycles. The maximum atomic E-state index is 12.1. The van der Waals surface area contributed by atoms with E-state index in [1.165, 1.54) is 23.9 Å². The van der Waals surface area contributed by atoms with Gasteiger partial charge in [-0.05, 0) is 13.8 Å². The standard InChI is InChI=1S/C10H15N5O2S2/c1-3-15-4-9(12-6-15)19(16,17)14-10-13-8(5-18-10)7(2)11/h4-7H,3,11H2,1-2H3,(H,13,14). The molecule has 1 atom stereocenters. The summed E-state index contributed by atoms with van der Waals surface area (Å²) in [6.45, 7) is 4.35. The van der Waals surface area contributed by atoms with Crippen molar-refractivity contribution in [3.8, 4) is 0 Å². The summed E-state index contributed by atoms with van der Waals surface area (Å²) in [6.07, 6.45) is 2.95. The molecule has 2 aromatic rings. The number of aryl methyl sites for hydroxylation is 1. The Morgan fingerprint density at radius 3 is 2.84 bits per heavy atom. The van der Waals surface area contributed by atoms with Crippen molar-refractivity contribution < 1.29 is 8.42 Å². The maximum Gasteiger partial charge on any atom is 0.282 e. The van der Waals surface area contributed by atoms with Gasteiger partial charge < -0.3 is 10.3 Å². The molecule has 3 N–H and O–H groups in total. The molecule has 2 heterocycles. The van der Waals surface area contributed by atoms with Crippen molar-refractivity contribution in [2.45, 2.75) is 31.5 Å². The molecule has 0 saturated heterocycles. The molecule has 104 valence electrons. The number of nitrogens with zero attached hydrogens (tertiary/aromatic N) is 3. The number of rotatable bonds is 5. The van der Waals surface area contributed by atoms with Crippen molar-refractivity contribution in [3.05, 3.63) is 23.6 Å². The van der Waals surface area contributed by atoms with Crippen molar-refractivity contribution in [3.63, 3.8) is 0 Å². The lowest BCUT2D eigenvalue weighted by atomic mass is 10.3. The van der Waals surface area contributed by atoms with Crippen molar-refractivity contribution in [1.29, 1.82) is 0 Å². The van der Waals surface area contributed by atoms with Crippen LogP contribution >= 0.6 is 11.3 Å². The molecule has 0 amide bonds. The van der Waals surface area contributed by atoms with Gasteiger partial charge in [-0.25, -0.2) is 9.97 Å². The minimum Gasteiger partial charge on any atom is -0.336 e. The van der Waals surface area contributed by atoms with Crippen molar-refractivity contribution in [1.82, 2.24) is 14.5 Å². The third-order valence-electron chi connectivity index (χ3n) is 2.46. The van der Waals surface area contributed by atoms with Gasteiger partial charge in [-0.1, -0.05) is 0 Å². The lowest BCUT2D eigenvalue weighted by Crippen LogP contribution is -2.13. The van der Waals surface area contributed by atoms with Crippen molar-refractivity contribution in [2.24, 2.45) is 5.73 Å². The summed E-state index contributed by atoms with van der Waals surface area (Å²) in [7, 11) is -3.69. The van der Waals surface area contributed by atoms with Gasteiger partial charge in [0, 0.05) is 24.2 Å². The average Bonchev–Trinajstić information content (AvgIpc) is 2.96. The first kappa shape index (κ1) is 14.0. The van der Waals surface area contributed by atoms with E-state index in [9.17, 15) is 8.42 Å². The molecule has 0 aliphatic rings. The summed E-state index contributed by atoms with van der Waals surface area (Å²) in [5.74, 6) is 0. The molecule has 2 aromatic heterocycles. The minimum atomic E-state index is -3.69. The summed E-state index contributed by atoms with van der Waals surface area (Å²) in [5, 5.41) is 2.00. The highest BCUT2D eigenvalue weighted by Crippen LogP contribution is 2.21. The van der Waals surface area contributed by atoms with Gasteiger partial charge in [0.2, 0.25) is 0 Å². The van der Waals surface area contributed by atoms with Crippen LogP contribution in [0.25, 0.3) is 0 Å². The highest BCUT2D eigenvalue weighted by molar-refractivity contribution is 7.92. The lowest BCUT2D eigenvalue weighted by Gasteiger charge is -2.02. The van der Waals surface area contributed by atoms with Gasteiger partial charge in [-0.2, -0.15) is 8.42 Å². The van der Waals surface area contributed by atoms with E-state index in [0.717, 1.165) is 0 Å². The Morgan fingerprint density at radius 1 is 1.58 bits per heavy atom. The van der Waals surface area contributed by atoms with Crippen LogP contribution < -0.4 is 10.5 Å². The molecule has 9 heteroatoms. The Hall–Kier alpha value is -1.45. The predicted octanol–water partition coefficient (Wildman–Crippen LogP) is 1.18. The average molecular weight is 301 g/mol. The third-order valence-corrected chi connectivity index (χ3v) is 4.59. The Balaban J connectivity index is 2.20.